The molecule has 0 saturated carbocycles. The van der Waals surface area contributed by atoms with Crippen molar-refractivity contribution >= 4 is 5.91 Å². The molecule has 1 aliphatic rings. The van der Waals surface area contributed by atoms with Crippen LogP contribution in [-0.4, -0.2) is 27.7 Å². The Kier molecular flexibility index (Phi) is 5.24. The second kappa shape index (κ2) is 7.98. The minimum atomic E-state index is -2.85. The topological polar surface area (TPSA) is 79.9 Å². The number of ether oxygens (including phenoxy) is 1. The van der Waals surface area contributed by atoms with Gasteiger partial charge >= 0.3 is 6.61 Å². The van der Waals surface area contributed by atoms with Crippen LogP contribution in [0.1, 0.15) is 46.2 Å². The third kappa shape index (κ3) is 4.26. The van der Waals surface area contributed by atoms with E-state index in [1.807, 2.05) is 6.92 Å². The highest BCUT2D eigenvalue weighted by Gasteiger charge is 2.23. The summed E-state index contributed by atoms with van der Waals surface area (Å²) in [5.41, 5.74) is 3.22. The highest BCUT2D eigenvalue weighted by molar-refractivity contribution is 5.94. The van der Waals surface area contributed by atoms with Crippen LogP contribution >= 0.6 is 0 Å². The van der Waals surface area contributed by atoms with Gasteiger partial charge in [0.05, 0.1) is 6.04 Å². The van der Waals surface area contributed by atoms with Gasteiger partial charge < -0.3 is 10.1 Å². The molecule has 0 aliphatic heterocycles. The highest BCUT2D eigenvalue weighted by Crippen LogP contribution is 2.33. The van der Waals surface area contributed by atoms with E-state index in [0.29, 0.717) is 11.4 Å². The van der Waals surface area contributed by atoms with Gasteiger partial charge in [0.25, 0.3) is 5.91 Å². The molecule has 4 rings (SSSR count). The van der Waals surface area contributed by atoms with E-state index in [1.54, 1.807) is 36.4 Å². The number of benzene rings is 2. The molecule has 8 heteroatoms. The van der Waals surface area contributed by atoms with Gasteiger partial charge in [0, 0.05) is 11.1 Å². The lowest BCUT2D eigenvalue weighted by molar-refractivity contribution is -0.0499. The quantitative estimate of drug-likeness (QED) is 0.675. The molecule has 0 spiro atoms. The van der Waals surface area contributed by atoms with E-state index in [4.69, 9.17) is 0 Å². The average Bonchev–Trinajstić information content (AvgIpc) is 3.14. The molecule has 2 aromatic carbocycles. The summed E-state index contributed by atoms with van der Waals surface area (Å²) in [5.74, 6) is 1.26. The van der Waals surface area contributed by atoms with Crippen molar-refractivity contribution in [1.29, 1.82) is 0 Å². The molecule has 6 nitrogen and oxygen atoms in total. The molecule has 0 unspecified atom stereocenters. The molecule has 0 fully saturated rings. The molecule has 0 radical (unpaired) electrons. The number of fused-ring (bicyclic) bond motifs is 1. The van der Waals surface area contributed by atoms with Crippen LogP contribution in [0, 0.1) is 6.92 Å². The molecular formula is C21H20F2N4O2. The van der Waals surface area contributed by atoms with Gasteiger partial charge in [-0.1, -0.05) is 18.2 Å². The van der Waals surface area contributed by atoms with Crippen molar-refractivity contribution in [3.05, 3.63) is 65.0 Å². The van der Waals surface area contributed by atoms with Crippen LogP contribution in [0.2, 0.25) is 0 Å². The summed E-state index contributed by atoms with van der Waals surface area (Å²) < 4.78 is 29.4. The third-order valence-electron chi connectivity index (χ3n) is 4.96. The molecule has 0 bridgehead atoms. The molecule has 1 heterocycles. The lowest BCUT2D eigenvalue weighted by Gasteiger charge is -2.27. The number of aryl methyl sites for hydroxylation is 2. The fourth-order valence-electron chi connectivity index (χ4n) is 3.60. The van der Waals surface area contributed by atoms with Gasteiger partial charge in [-0.05, 0) is 61.6 Å². The molecule has 1 aliphatic carbocycles. The summed E-state index contributed by atoms with van der Waals surface area (Å²) in [6.45, 7) is -1.03. The minimum absolute atomic E-state index is 0.142. The summed E-state index contributed by atoms with van der Waals surface area (Å²) in [5, 5.41) is 9.95. The fraction of sp³-hybridized carbons (Fsp3) is 0.286. The number of nitrogens with zero attached hydrogens (tertiary/aromatic N) is 2. The number of amides is 1. The van der Waals surface area contributed by atoms with E-state index in [-0.39, 0.29) is 17.7 Å². The SMILES string of the molecule is Cc1nc(-c2ccc(C(=O)N[C@@H]3CCCc4cc(OC(F)F)ccc43)cc2)n[nH]1. The average molecular weight is 398 g/mol. The molecule has 1 aromatic heterocycles. The Bertz CT molecular complexity index is 1020. The summed E-state index contributed by atoms with van der Waals surface area (Å²) in [6.07, 6.45) is 2.43. The number of rotatable bonds is 5. The van der Waals surface area contributed by atoms with Crippen molar-refractivity contribution in [3.8, 4) is 17.1 Å². The van der Waals surface area contributed by atoms with Crippen molar-refractivity contribution in [3.63, 3.8) is 0 Å². The van der Waals surface area contributed by atoms with E-state index in [9.17, 15) is 13.6 Å². The fourth-order valence-corrected chi connectivity index (χ4v) is 3.60. The molecule has 1 atom stereocenters. The van der Waals surface area contributed by atoms with Gasteiger partial charge in [0.1, 0.15) is 11.6 Å². The van der Waals surface area contributed by atoms with Crippen molar-refractivity contribution in [2.75, 3.05) is 0 Å². The number of aromatic nitrogens is 3. The minimum Gasteiger partial charge on any atom is -0.435 e. The van der Waals surface area contributed by atoms with Gasteiger partial charge in [-0.25, -0.2) is 4.98 Å². The zero-order chi connectivity index (χ0) is 20.4. The van der Waals surface area contributed by atoms with Crippen molar-refractivity contribution in [2.24, 2.45) is 0 Å². The van der Waals surface area contributed by atoms with Crippen molar-refractivity contribution in [1.82, 2.24) is 20.5 Å². The first kappa shape index (κ1) is 19.0. The number of carbonyl (C=O) groups excluding carboxylic acids is 1. The van der Waals surface area contributed by atoms with E-state index < -0.39 is 6.61 Å². The number of hydrogen-bond acceptors (Lipinski definition) is 4. The van der Waals surface area contributed by atoms with E-state index in [0.717, 1.165) is 41.8 Å². The highest BCUT2D eigenvalue weighted by atomic mass is 19.3. The summed E-state index contributed by atoms with van der Waals surface area (Å²) in [4.78, 5) is 17.0. The molecular weight excluding hydrogens is 378 g/mol. The number of nitrogens with one attached hydrogen (secondary N) is 2. The Labute approximate surface area is 166 Å². The maximum Gasteiger partial charge on any atom is 0.387 e. The van der Waals surface area contributed by atoms with E-state index in [1.165, 1.54) is 6.07 Å². The number of alkyl halides is 2. The number of halogens is 2. The Hall–Kier alpha value is -3.29. The van der Waals surface area contributed by atoms with Crippen molar-refractivity contribution < 1.29 is 18.3 Å². The first-order valence-corrected chi connectivity index (χ1v) is 9.37. The van der Waals surface area contributed by atoms with Gasteiger partial charge in [-0.2, -0.15) is 13.9 Å². The van der Waals surface area contributed by atoms with Crippen LogP contribution in [0.5, 0.6) is 5.75 Å². The number of carbonyl (C=O) groups is 1. The monoisotopic (exact) mass is 398 g/mol. The maximum absolute atomic E-state index is 12.7. The second-order valence-corrected chi connectivity index (χ2v) is 6.98. The largest absolute Gasteiger partial charge is 0.435 e. The summed E-state index contributed by atoms with van der Waals surface area (Å²) in [7, 11) is 0. The zero-order valence-corrected chi connectivity index (χ0v) is 15.8. The molecule has 3 aromatic rings. The molecule has 29 heavy (non-hydrogen) atoms. The van der Waals surface area contributed by atoms with Gasteiger partial charge in [0.15, 0.2) is 5.82 Å². The van der Waals surface area contributed by atoms with Crippen LogP contribution in [0.15, 0.2) is 42.5 Å². The van der Waals surface area contributed by atoms with Gasteiger partial charge in [0.2, 0.25) is 0 Å². The third-order valence-corrected chi connectivity index (χ3v) is 4.96. The Morgan fingerprint density at radius 3 is 2.72 bits per heavy atom. The molecule has 2 N–H and O–H groups in total. The predicted octanol–water partition coefficient (Wildman–Crippen LogP) is 4.19. The van der Waals surface area contributed by atoms with E-state index in [2.05, 4.69) is 25.2 Å². The lowest BCUT2D eigenvalue weighted by Crippen LogP contribution is -2.31. The summed E-state index contributed by atoms with van der Waals surface area (Å²) >= 11 is 0. The lowest BCUT2D eigenvalue weighted by atomic mass is 9.87. The predicted molar refractivity (Wildman–Crippen MR) is 103 cm³/mol. The van der Waals surface area contributed by atoms with Crippen LogP contribution in [0.4, 0.5) is 8.78 Å². The standard InChI is InChI=1S/C21H20F2N4O2/c1-12-24-19(27-26-12)13-5-7-14(8-6-13)20(28)25-18-4-2-3-15-11-16(29-21(22)23)9-10-17(15)18/h5-11,18,21H,2-4H2,1H3,(H,25,28)(H,24,26,27)/t18-/m1/s1. The van der Waals surface area contributed by atoms with Crippen LogP contribution < -0.4 is 10.1 Å². The van der Waals surface area contributed by atoms with Crippen molar-refractivity contribution in [2.45, 2.75) is 38.8 Å². The Morgan fingerprint density at radius 1 is 1.24 bits per heavy atom. The van der Waals surface area contributed by atoms with Crippen LogP contribution in [0.25, 0.3) is 11.4 Å². The normalized spacial score (nSPS) is 15.8. The van der Waals surface area contributed by atoms with Crippen LogP contribution in [-0.2, 0) is 6.42 Å². The first-order chi connectivity index (χ1) is 14.0. The Morgan fingerprint density at radius 2 is 2.03 bits per heavy atom. The smallest absolute Gasteiger partial charge is 0.387 e. The first-order valence-electron chi connectivity index (χ1n) is 9.37. The van der Waals surface area contributed by atoms with Crippen LogP contribution in [0.3, 0.4) is 0 Å². The van der Waals surface area contributed by atoms with E-state index >= 15 is 0 Å². The number of hydrogen-bond donors (Lipinski definition) is 2. The Balaban J connectivity index is 1.48. The summed E-state index contributed by atoms with van der Waals surface area (Å²) in [6, 6.07) is 11.8. The number of aromatic amines is 1. The number of H-pyrrole nitrogens is 1. The van der Waals surface area contributed by atoms with Gasteiger partial charge in [-0.3, -0.25) is 9.89 Å². The molecule has 0 saturated heterocycles. The van der Waals surface area contributed by atoms with Gasteiger partial charge in [-0.15, -0.1) is 0 Å². The molecule has 150 valence electrons. The molecule has 1 amide bonds. The zero-order valence-electron chi connectivity index (χ0n) is 15.8. The second-order valence-electron chi connectivity index (χ2n) is 6.98. The maximum atomic E-state index is 12.7.